The Morgan fingerprint density at radius 2 is 1.79 bits per heavy atom. The number of thioether (sulfide) groups is 1. The van der Waals surface area contributed by atoms with Crippen molar-refractivity contribution in [3.63, 3.8) is 0 Å². The van der Waals surface area contributed by atoms with Crippen LogP contribution in [0.3, 0.4) is 0 Å². The third-order valence-corrected chi connectivity index (χ3v) is 5.57. The van der Waals surface area contributed by atoms with E-state index in [1.165, 1.54) is 36.1 Å². The van der Waals surface area contributed by atoms with Gasteiger partial charge in [0.2, 0.25) is 5.91 Å². The van der Waals surface area contributed by atoms with Gasteiger partial charge in [-0.05, 0) is 74.1 Å². The number of amides is 1. The predicted octanol–water partition coefficient (Wildman–Crippen LogP) is 4.67. The topological polar surface area (TPSA) is 29.1 Å². The lowest BCUT2D eigenvalue weighted by Crippen LogP contribution is -2.33. The van der Waals surface area contributed by atoms with Gasteiger partial charge in [0.05, 0.1) is 11.3 Å². The first-order chi connectivity index (χ1) is 11.5. The van der Waals surface area contributed by atoms with Gasteiger partial charge < -0.3 is 5.32 Å². The van der Waals surface area contributed by atoms with Crippen molar-refractivity contribution in [2.24, 2.45) is 0 Å². The Hall–Kier alpha value is -1.81. The minimum Gasteiger partial charge on any atom is -0.349 e. The maximum absolute atomic E-state index is 13.0. The van der Waals surface area contributed by atoms with E-state index in [-0.39, 0.29) is 23.0 Å². The van der Waals surface area contributed by atoms with Crippen molar-refractivity contribution in [2.75, 3.05) is 0 Å². The molecule has 3 rings (SSSR count). The van der Waals surface area contributed by atoms with Crippen molar-refractivity contribution in [3.8, 4) is 0 Å². The number of carbonyl (C=O) groups is 1. The van der Waals surface area contributed by atoms with E-state index >= 15 is 0 Å². The van der Waals surface area contributed by atoms with Gasteiger partial charge in [0, 0.05) is 4.90 Å². The summed E-state index contributed by atoms with van der Waals surface area (Å²) in [5.74, 6) is -0.268. The van der Waals surface area contributed by atoms with Crippen molar-refractivity contribution >= 4 is 17.7 Å². The lowest BCUT2D eigenvalue weighted by Gasteiger charge is -2.18. The lowest BCUT2D eigenvalue weighted by atomic mass is 10.1. The molecule has 4 heteroatoms. The van der Waals surface area contributed by atoms with Gasteiger partial charge in [0.25, 0.3) is 0 Å². The highest BCUT2D eigenvalue weighted by molar-refractivity contribution is 8.00. The van der Waals surface area contributed by atoms with Crippen LogP contribution in [0.1, 0.15) is 43.0 Å². The molecule has 126 valence electrons. The van der Waals surface area contributed by atoms with E-state index in [1.807, 2.05) is 13.8 Å². The molecule has 0 fully saturated rings. The number of nitrogens with one attached hydrogen (secondary N) is 1. The molecule has 1 aliphatic rings. The lowest BCUT2D eigenvalue weighted by molar-refractivity contribution is -0.120. The molecule has 0 spiro atoms. The van der Waals surface area contributed by atoms with Crippen LogP contribution >= 0.6 is 11.8 Å². The summed E-state index contributed by atoms with van der Waals surface area (Å²) >= 11 is 1.59. The summed E-state index contributed by atoms with van der Waals surface area (Å²) in [6.07, 6.45) is 3.55. The first kappa shape index (κ1) is 17.0. The average molecular weight is 343 g/mol. The Bertz CT molecular complexity index is 729. The fraction of sp³-hybridized carbons (Fsp3) is 0.350. The molecule has 1 N–H and O–H groups in total. The fourth-order valence-electron chi connectivity index (χ4n) is 3.04. The summed E-state index contributed by atoms with van der Waals surface area (Å²) in [7, 11) is 0. The molecule has 0 aliphatic heterocycles. The largest absolute Gasteiger partial charge is 0.349 e. The number of fused-ring (bicyclic) bond motifs is 1. The maximum atomic E-state index is 13.0. The molecule has 0 bridgehead atoms. The SMILES string of the molecule is CC(Sc1ccc2c(c1)CCC2)C(=O)NC(C)c1ccc(F)cc1. The molecular formula is C20H22FNOS. The quantitative estimate of drug-likeness (QED) is 0.799. The molecule has 2 nitrogen and oxygen atoms in total. The Balaban J connectivity index is 1.59. The summed E-state index contributed by atoms with van der Waals surface area (Å²) in [5.41, 5.74) is 3.77. The van der Waals surface area contributed by atoms with E-state index in [2.05, 4.69) is 23.5 Å². The number of aryl methyl sites for hydroxylation is 2. The van der Waals surface area contributed by atoms with Crippen LogP contribution in [0.4, 0.5) is 4.39 Å². The van der Waals surface area contributed by atoms with E-state index in [9.17, 15) is 9.18 Å². The van der Waals surface area contributed by atoms with Crippen LogP contribution < -0.4 is 5.32 Å². The highest BCUT2D eigenvalue weighted by Crippen LogP contribution is 2.30. The summed E-state index contributed by atoms with van der Waals surface area (Å²) in [4.78, 5) is 13.6. The van der Waals surface area contributed by atoms with Crippen LogP contribution in [-0.2, 0) is 17.6 Å². The number of hydrogen-bond acceptors (Lipinski definition) is 2. The number of benzene rings is 2. The first-order valence-electron chi connectivity index (χ1n) is 8.37. The smallest absolute Gasteiger partial charge is 0.233 e. The van der Waals surface area contributed by atoms with Crippen LogP contribution in [0.5, 0.6) is 0 Å². The Morgan fingerprint density at radius 3 is 2.54 bits per heavy atom. The predicted molar refractivity (Wildman–Crippen MR) is 96.7 cm³/mol. The van der Waals surface area contributed by atoms with Crippen LogP contribution in [-0.4, -0.2) is 11.2 Å². The van der Waals surface area contributed by atoms with Crippen LogP contribution in [0.2, 0.25) is 0 Å². The number of carbonyl (C=O) groups excluding carboxylic acids is 1. The van der Waals surface area contributed by atoms with Crippen molar-refractivity contribution in [3.05, 3.63) is 65.0 Å². The first-order valence-corrected chi connectivity index (χ1v) is 9.25. The summed E-state index contributed by atoms with van der Waals surface area (Å²) in [6, 6.07) is 12.6. The maximum Gasteiger partial charge on any atom is 0.233 e. The normalized spacial score (nSPS) is 15.6. The summed E-state index contributed by atoms with van der Waals surface area (Å²) in [5, 5.41) is 2.83. The van der Waals surface area contributed by atoms with Crippen LogP contribution in [0, 0.1) is 5.82 Å². The van der Waals surface area contributed by atoms with Gasteiger partial charge in [0.15, 0.2) is 0 Å². The van der Waals surface area contributed by atoms with Crippen molar-refractivity contribution in [2.45, 2.75) is 49.3 Å². The standard InChI is InChI=1S/C20H22FNOS/c1-13(15-6-9-18(21)10-7-15)22-20(23)14(2)24-19-11-8-16-4-3-5-17(16)12-19/h6-14H,3-5H2,1-2H3,(H,22,23). The molecule has 1 amide bonds. The monoisotopic (exact) mass is 343 g/mol. The minimum absolute atomic E-state index is 0.00248. The number of hydrogen-bond donors (Lipinski definition) is 1. The van der Waals surface area contributed by atoms with Gasteiger partial charge in [-0.1, -0.05) is 18.2 Å². The third-order valence-electron chi connectivity index (χ3n) is 4.48. The van der Waals surface area contributed by atoms with Gasteiger partial charge >= 0.3 is 0 Å². The van der Waals surface area contributed by atoms with Crippen LogP contribution in [0.15, 0.2) is 47.4 Å². The molecule has 2 atom stereocenters. The Kier molecular flexibility index (Phi) is 5.24. The molecule has 0 heterocycles. The van der Waals surface area contributed by atoms with E-state index in [0.717, 1.165) is 16.9 Å². The second-order valence-electron chi connectivity index (χ2n) is 6.33. The molecule has 1 aliphatic carbocycles. The third kappa shape index (κ3) is 3.99. The fourth-order valence-corrected chi connectivity index (χ4v) is 3.98. The van der Waals surface area contributed by atoms with Crippen molar-refractivity contribution < 1.29 is 9.18 Å². The Labute approximate surface area is 146 Å². The highest BCUT2D eigenvalue weighted by Gasteiger charge is 2.18. The van der Waals surface area contributed by atoms with Crippen molar-refractivity contribution in [1.82, 2.24) is 5.32 Å². The summed E-state index contributed by atoms with van der Waals surface area (Å²) < 4.78 is 13.0. The zero-order chi connectivity index (χ0) is 17.1. The number of halogens is 1. The molecule has 2 unspecified atom stereocenters. The molecule has 0 saturated heterocycles. The van der Waals surface area contributed by atoms with Crippen molar-refractivity contribution in [1.29, 1.82) is 0 Å². The van der Waals surface area contributed by atoms with Gasteiger partial charge in [-0.25, -0.2) is 4.39 Å². The zero-order valence-corrected chi connectivity index (χ0v) is 14.8. The van der Waals surface area contributed by atoms with Gasteiger partial charge in [-0.3, -0.25) is 4.79 Å². The average Bonchev–Trinajstić information content (AvgIpc) is 3.03. The zero-order valence-electron chi connectivity index (χ0n) is 14.0. The second kappa shape index (κ2) is 7.39. The van der Waals surface area contributed by atoms with E-state index < -0.39 is 0 Å². The van der Waals surface area contributed by atoms with E-state index in [0.29, 0.717) is 0 Å². The number of rotatable bonds is 5. The van der Waals surface area contributed by atoms with Gasteiger partial charge in [-0.2, -0.15) is 0 Å². The second-order valence-corrected chi connectivity index (χ2v) is 7.74. The van der Waals surface area contributed by atoms with Crippen LogP contribution in [0.25, 0.3) is 0 Å². The molecule has 24 heavy (non-hydrogen) atoms. The molecule has 2 aromatic carbocycles. The molecule has 0 radical (unpaired) electrons. The molecule has 0 saturated carbocycles. The molecule has 0 aromatic heterocycles. The molecule has 2 aromatic rings. The van der Waals surface area contributed by atoms with E-state index in [1.54, 1.807) is 23.9 Å². The highest BCUT2D eigenvalue weighted by atomic mass is 32.2. The van der Waals surface area contributed by atoms with E-state index in [4.69, 9.17) is 0 Å². The summed E-state index contributed by atoms with van der Waals surface area (Å²) in [6.45, 7) is 3.84. The van der Waals surface area contributed by atoms with Gasteiger partial charge in [0.1, 0.15) is 5.82 Å². The Morgan fingerprint density at radius 1 is 1.08 bits per heavy atom. The van der Waals surface area contributed by atoms with Gasteiger partial charge in [-0.15, -0.1) is 11.8 Å². The molecular weight excluding hydrogens is 321 g/mol. The minimum atomic E-state index is -0.266.